The van der Waals surface area contributed by atoms with Crippen LogP contribution in [0.2, 0.25) is 0 Å². The second kappa shape index (κ2) is 5.39. The summed E-state index contributed by atoms with van der Waals surface area (Å²) < 4.78 is 13.1. The van der Waals surface area contributed by atoms with Crippen LogP contribution in [0.25, 0.3) is 0 Å². The summed E-state index contributed by atoms with van der Waals surface area (Å²) in [5.74, 6) is -0.448. The Morgan fingerprint density at radius 3 is 2.59 bits per heavy atom. The minimum atomic E-state index is -0.448. The van der Waals surface area contributed by atoms with Crippen molar-refractivity contribution in [2.75, 3.05) is 11.4 Å². The molecule has 17 heavy (non-hydrogen) atoms. The van der Waals surface area contributed by atoms with Gasteiger partial charge in [-0.25, -0.2) is 4.98 Å². The van der Waals surface area contributed by atoms with Gasteiger partial charge in [-0.2, -0.15) is 4.39 Å². The van der Waals surface area contributed by atoms with Gasteiger partial charge in [-0.1, -0.05) is 0 Å². The van der Waals surface area contributed by atoms with E-state index in [4.69, 9.17) is 0 Å². The number of halogens is 1. The first-order valence-electron chi connectivity index (χ1n) is 5.55. The van der Waals surface area contributed by atoms with Crippen LogP contribution in [0.15, 0.2) is 42.9 Å². The lowest BCUT2D eigenvalue weighted by Gasteiger charge is -2.22. The molecule has 2 aromatic rings. The summed E-state index contributed by atoms with van der Waals surface area (Å²) in [6, 6.07) is 7.18. The largest absolute Gasteiger partial charge is 0.367 e. The number of hydrogen-bond donors (Lipinski definition) is 0. The van der Waals surface area contributed by atoms with Crippen molar-refractivity contribution in [2.24, 2.45) is 0 Å². The van der Waals surface area contributed by atoms with Gasteiger partial charge >= 0.3 is 0 Å². The van der Waals surface area contributed by atoms with Crippen LogP contribution in [0.5, 0.6) is 0 Å². The Kier molecular flexibility index (Phi) is 3.65. The van der Waals surface area contributed by atoms with Gasteiger partial charge in [0.15, 0.2) is 0 Å². The average Bonchev–Trinajstić information content (AvgIpc) is 2.37. The molecule has 2 heterocycles. The zero-order valence-corrected chi connectivity index (χ0v) is 9.68. The van der Waals surface area contributed by atoms with E-state index in [1.807, 2.05) is 25.1 Å². The third kappa shape index (κ3) is 3.00. The van der Waals surface area contributed by atoms with E-state index >= 15 is 0 Å². The molecule has 0 aliphatic carbocycles. The molecule has 0 aliphatic heterocycles. The Bertz CT molecular complexity index is 473. The van der Waals surface area contributed by atoms with Gasteiger partial charge in [0.05, 0.1) is 0 Å². The van der Waals surface area contributed by atoms with Crippen LogP contribution in [0.1, 0.15) is 12.5 Å². The first kappa shape index (κ1) is 11.5. The third-order valence-electron chi connectivity index (χ3n) is 2.58. The van der Waals surface area contributed by atoms with Crippen molar-refractivity contribution in [2.45, 2.75) is 13.5 Å². The third-order valence-corrected chi connectivity index (χ3v) is 2.58. The minimum Gasteiger partial charge on any atom is -0.367 e. The van der Waals surface area contributed by atoms with Crippen LogP contribution in [-0.4, -0.2) is 16.5 Å². The molecule has 0 saturated heterocycles. The molecule has 0 fully saturated rings. The number of aromatic nitrogens is 2. The Hall–Kier alpha value is -1.97. The second-order valence-electron chi connectivity index (χ2n) is 3.71. The first-order chi connectivity index (χ1) is 8.29. The number of anilines is 1. The van der Waals surface area contributed by atoms with Gasteiger partial charge in [-0.3, -0.25) is 4.98 Å². The zero-order chi connectivity index (χ0) is 12.1. The number of rotatable bonds is 4. The van der Waals surface area contributed by atoms with Crippen molar-refractivity contribution in [1.29, 1.82) is 0 Å². The summed E-state index contributed by atoms with van der Waals surface area (Å²) >= 11 is 0. The predicted molar refractivity (Wildman–Crippen MR) is 65.2 cm³/mol. The van der Waals surface area contributed by atoms with Gasteiger partial charge in [0.2, 0.25) is 5.95 Å². The highest BCUT2D eigenvalue weighted by atomic mass is 19.1. The lowest BCUT2D eigenvalue weighted by Crippen LogP contribution is -2.22. The fraction of sp³-hybridized carbons (Fsp3) is 0.231. The van der Waals surface area contributed by atoms with E-state index in [2.05, 4.69) is 14.9 Å². The fourth-order valence-electron chi connectivity index (χ4n) is 1.68. The highest BCUT2D eigenvalue weighted by Gasteiger charge is 2.06. The lowest BCUT2D eigenvalue weighted by molar-refractivity contribution is 0.582. The SMILES string of the molecule is CCN(Cc1ccncc1)c1ccnc(F)c1. The molecule has 0 radical (unpaired) electrons. The highest BCUT2D eigenvalue weighted by Crippen LogP contribution is 2.16. The van der Waals surface area contributed by atoms with E-state index in [0.717, 1.165) is 24.3 Å². The number of nitrogens with zero attached hydrogens (tertiary/aromatic N) is 3. The lowest BCUT2D eigenvalue weighted by atomic mass is 10.2. The van der Waals surface area contributed by atoms with E-state index in [1.165, 1.54) is 12.3 Å². The standard InChI is InChI=1S/C13H14FN3/c1-2-17(10-11-3-6-15-7-4-11)12-5-8-16-13(14)9-12/h3-9H,2,10H2,1H3. The molecule has 2 rings (SSSR count). The van der Waals surface area contributed by atoms with Crippen LogP contribution in [0.4, 0.5) is 10.1 Å². The summed E-state index contributed by atoms with van der Waals surface area (Å²) in [5, 5.41) is 0. The van der Waals surface area contributed by atoms with Crippen molar-refractivity contribution in [3.8, 4) is 0 Å². The summed E-state index contributed by atoms with van der Waals surface area (Å²) in [6.07, 6.45) is 5.01. The quantitative estimate of drug-likeness (QED) is 0.757. The second-order valence-corrected chi connectivity index (χ2v) is 3.71. The minimum absolute atomic E-state index is 0.448. The van der Waals surface area contributed by atoms with Crippen molar-refractivity contribution in [1.82, 2.24) is 9.97 Å². The Morgan fingerprint density at radius 2 is 1.94 bits per heavy atom. The number of pyridine rings is 2. The molecule has 0 N–H and O–H groups in total. The van der Waals surface area contributed by atoms with Gasteiger partial charge in [0.1, 0.15) is 0 Å². The van der Waals surface area contributed by atoms with Gasteiger partial charge in [-0.15, -0.1) is 0 Å². The van der Waals surface area contributed by atoms with Crippen molar-refractivity contribution in [3.05, 3.63) is 54.4 Å². The van der Waals surface area contributed by atoms with E-state index < -0.39 is 5.95 Å². The molecule has 0 aliphatic rings. The molecule has 3 nitrogen and oxygen atoms in total. The highest BCUT2D eigenvalue weighted by molar-refractivity contribution is 5.45. The van der Waals surface area contributed by atoms with Crippen LogP contribution in [0.3, 0.4) is 0 Å². The molecule has 0 amide bonds. The molecule has 0 atom stereocenters. The monoisotopic (exact) mass is 231 g/mol. The predicted octanol–water partition coefficient (Wildman–Crippen LogP) is 2.64. The molecule has 4 heteroatoms. The normalized spacial score (nSPS) is 10.2. The van der Waals surface area contributed by atoms with Crippen LogP contribution < -0.4 is 4.90 Å². The van der Waals surface area contributed by atoms with E-state index in [-0.39, 0.29) is 0 Å². The molecule has 0 spiro atoms. The van der Waals surface area contributed by atoms with Gasteiger partial charge in [0.25, 0.3) is 0 Å². The van der Waals surface area contributed by atoms with Crippen LogP contribution in [0, 0.1) is 5.95 Å². The maximum Gasteiger partial charge on any atom is 0.214 e. The van der Waals surface area contributed by atoms with Gasteiger partial charge in [0, 0.05) is 43.4 Å². The Balaban J connectivity index is 2.17. The molecule has 0 saturated carbocycles. The Morgan fingerprint density at radius 1 is 1.18 bits per heavy atom. The van der Waals surface area contributed by atoms with Crippen molar-refractivity contribution < 1.29 is 4.39 Å². The molecule has 88 valence electrons. The maximum absolute atomic E-state index is 13.1. The smallest absolute Gasteiger partial charge is 0.214 e. The zero-order valence-electron chi connectivity index (χ0n) is 9.68. The molecular formula is C13H14FN3. The van der Waals surface area contributed by atoms with Gasteiger partial charge in [-0.05, 0) is 30.7 Å². The molecule has 0 aromatic carbocycles. The molecular weight excluding hydrogens is 217 g/mol. The maximum atomic E-state index is 13.1. The van der Waals surface area contributed by atoms with Gasteiger partial charge < -0.3 is 4.90 Å². The topological polar surface area (TPSA) is 29.0 Å². The summed E-state index contributed by atoms with van der Waals surface area (Å²) in [4.78, 5) is 9.62. The molecule has 2 aromatic heterocycles. The fourth-order valence-corrected chi connectivity index (χ4v) is 1.68. The van der Waals surface area contributed by atoms with Crippen molar-refractivity contribution in [3.63, 3.8) is 0 Å². The summed E-state index contributed by atoms with van der Waals surface area (Å²) in [6.45, 7) is 3.59. The first-order valence-corrected chi connectivity index (χ1v) is 5.55. The van der Waals surface area contributed by atoms with E-state index in [0.29, 0.717) is 0 Å². The van der Waals surface area contributed by atoms with Crippen LogP contribution in [-0.2, 0) is 6.54 Å². The average molecular weight is 231 g/mol. The van der Waals surface area contributed by atoms with E-state index in [1.54, 1.807) is 12.4 Å². The molecule has 0 bridgehead atoms. The number of hydrogen-bond acceptors (Lipinski definition) is 3. The summed E-state index contributed by atoms with van der Waals surface area (Å²) in [5.41, 5.74) is 2.00. The summed E-state index contributed by atoms with van der Waals surface area (Å²) in [7, 11) is 0. The van der Waals surface area contributed by atoms with E-state index in [9.17, 15) is 4.39 Å². The molecule has 0 unspecified atom stereocenters. The Labute approximate surface area is 99.9 Å². The van der Waals surface area contributed by atoms with Crippen molar-refractivity contribution >= 4 is 5.69 Å². The van der Waals surface area contributed by atoms with Crippen LogP contribution >= 0.6 is 0 Å².